The Hall–Kier alpha value is -1.58. The number of carbonyl (C=O) groups is 2. The zero-order valence-corrected chi connectivity index (χ0v) is 25.8. The molecule has 0 radical (unpaired) electrons. The van der Waals surface area contributed by atoms with Crippen molar-refractivity contribution >= 4 is 11.9 Å². The third kappa shape index (κ3) is 9.96. The molecule has 1 aliphatic heterocycles. The van der Waals surface area contributed by atoms with Crippen molar-refractivity contribution < 1.29 is 59.5 Å². The lowest BCUT2D eigenvalue weighted by Crippen LogP contribution is -2.69. The van der Waals surface area contributed by atoms with Crippen molar-refractivity contribution in [2.45, 2.75) is 118 Å². The second kappa shape index (κ2) is 17.4. The van der Waals surface area contributed by atoms with Crippen molar-refractivity contribution in [2.75, 3.05) is 33.8 Å². The minimum Gasteiger partial charge on any atom is -0.479 e. The minimum atomic E-state index is -2.27. The SMILES string of the molecule is CCN[C@@H]1C[C@H](N)[C@H](O[C@H]2C[C@H](CNC)CC[C@H]2N)[C@H](O)[C@H]1O[C@@H]1OC[C@@](C)(O)[C@@H](NC)[C@@H]1O.O=C(O)C(O)C(O)C(=O)O. The quantitative estimate of drug-likeness (QED) is 0.0957. The van der Waals surface area contributed by atoms with E-state index in [1.54, 1.807) is 14.0 Å². The third-order valence-corrected chi connectivity index (χ3v) is 8.50. The minimum absolute atomic E-state index is 0.0157. The lowest BCUT2D eigenvalue weighted by molar-refractivity contribution is -0.300. The van der Waals surface area contributed by atoms with Crippen LogP contribution < -0.4 is 27.4 Å². The van der Waals surface area contributed by atoms with Crippen LogP contribution >= 0.6 is 0 Å². The summed E-state index contributed by atoms with van der Waals surface area (Å²) >= 11 is 0. The molecule has 0 spiro atoms. The maximum absolute atomic E-state index is 11.4. The fraction of sp³-hybridized carbons (Fsp3) is 0.926. The number of rotatable bonds is 12. The lowest BCUT2D eigenvalue weighted by Gasteiger charge is -2.49. The summed E-state index contributed by atoms with van der Waals surface area (Å²) in [6.45, 7) is 5.12. The van der Waals surface area contributed by atoms with E-state index in [2.05, 4.69) is 16.0 Å². The number of ether oxygens (including phenoxy) is 3. The molecule has 0 aromatic carbocycles. The smallest absolute Gasteiger partial charge is 0.335 e. The van der Waals surface area contributed by atoms with Gasteiger partial charge < -0.3 is 77.4 Å². The maximum Gasteiger partial charge on any atom is 0.335 e. The highest BCUT2D eigenvalue weighted by Crippen LogP contribution is 2.33. The van der Waals surface area contributed by atoms with E-state index in [0.29, 0.717) is 18.9 Å². The molecule has 14 N–H and O–H groups in total. The Morgan fingerprint density at radius 2 is 1.59 bits per heavy atom. The Labute approximate surface area is 257 Å². The first kappa shape index (κ1) is 38.6. The summed E-state index contributed by atoms with van der Waals surface area (Å²) in [7, 11) is 3.60. The Balaban J connectivity index is 0.000000580. The van der Waals surface area contributed by atoms with E-state index >= 15 is 0 Å². The average Bonchev–Trinajstić information content (AvgIpc) is 2.95. The van der Waals surface area contributed by atoms with Gasteiger partial charge in [-0.15, -0.1) is 0 Å². The highest BCUT2D eigenvalue weighted by atomic mass is 16.7. The summed E-state index contributed by atoms with van der Waals surface area (Å²) < 4.78 is 18.3. The summed E-state index contributed by atoms with van der Waals surface area (Å²) in [5.41, 5.74) is 11.6. The molecule has 2 saturated carbocycles. The van der Waals surface area contributed by atoms with Crippen LogP contribution in [0.5, 0.6) is 0 Å². The number of aliphatic carboxylic acids is 2. The Morgan fingerprint density at radius 3 is 2.11 bits per heavy atom. The van der Waals surface area contributed by atoms with E-state index in [4.69, 9.17) is 46.1 Å². The number of aliphatic hydroxyl groups excluding tert-OH is 4. The van der Waals surface area contributed by atoms with Crippen molar-refractivity contribution in [3.63, 3.8) is 0 Å². The maximum atomic E-state index is 11.4. The van der Waals surface area contributed by atoms with Gasteiger partial charge in [-0.05, 0) is 65.7 Å². The van der Waals surface area contributed by atoms with Crippen LogP contribution in [0.15, 0.2) is 0 Å². The summed E-state index contributed by atoms with van der Waals surface area (Å²) in [5, 5.41) is 74.8. The van der Waals surface area contributed by atoms with E-state index in [1.807, 2.05) is 14.0 Å². The predicted molar refractivity (Wildman–Crippen MR) is 155 cm³/mol. The van der Waals surface area contributed by atoms with Gasteiger partial charge in [0, 0.05) is 18.1 Å². The number of carboxylic acids is 2. The van der Waals surface area contributed by atoms with Gasteiger partial charge in [-0.1, -0.05) is 6.92 Å². The van der Waals surface area contributed by atoms with Crippen LogP contribution in [0.2, 0.25) is 0 Å². The molecule has 3 fully saturated rings. The Bertz CT molecular complexity index is 885. The van der Waals surface area contributed by atoms with Crippen LogP contribution in [0, 0.1) is 5.92 Å². The van der Waals surface area contributed by atoms with Gasteiger partial charge in [0.2, 0.25) is 0 Å². The van der Waals surface area contributed by atoms with Crippen molar-refractivity contribution in [3.05, 3.63) is 0 Å². The topological polar surface area (TPSA) is 292 Å². The number of carboxylic acid groups (broad SMARTS) is 2. The van der Waals surface area contributed by atoms with Gasteiger partial charge >= 0.3 is 11.9 Å². The van der Waals surface area contributed by atoms with Crippen molar-refractivity contribution in [3.8, 4) is 0 Å². The molecule has 0 aromatic rings. The van der Waals surface area contributed by atoms with E-state index in [9.17, 15) is 24.9 Å². The lowest BCUT2D eigenvalue weighted by atomic mass is 9.81. The zero-order chi connectivity index (χ0) is 33.4. The first-order chi connectivity index (χ1) is 20.6. The molecule has 0 bridgehead atoms. The molecule has 44 heavy (non-hydrogen) atoms. The van der Waals surface area contributed by atoms with Crippen molar-refractivity contribution in [1.82, 2.24) is 16.0 Å². The number of nitrogens with one attached hydrogen (secondary N) is 3. The second-order valence-electron chi connectivity index (χ2n) is 12.1. The van der Waals surface area contributed by atoms with Gasteiger partial charge in [0.25, 0.3) is 0 Å². The molecule has 17 nitrogen and oxygen atoms in total. The average molecular weight is 640 g/mol. The Morgan fingerprint density at radius 1 is 0.977 bits per heavy atom. The molecule has 0 amide bonds. The van der Waals surface area contributed by atoms with Crippen LogP contribution in [0.25, 0.3) is 0 Å². The molecule has 14 atom stereocenters. The predicted octanol–water partition coefficient (Wildman–Crippen LogP) is -4.52. The van der Waals surface area contributed by atoms with Gasteiger partial charge in [0.1, 0.15) is 30.0 Å². The monoisotopic (exact) mass is 639 g/mol. The molecule has 2 aliphatic carbocycles. The molecule has 17 heteroatoms. The van der Waals surface area contributed by atoms with E-state index in [0.717, 1.165) is 25.8 Å². The number of hydrogen-bond acceptors (Lipinski definition) is 15. The number of hydrogen-bond donors (Lipinski definition) is 12. The first-order valence-corrected chi connectivity index (χ1v) is 15.0. The van der Waals surface area contributed by atoms with Gasteiger partial charge in [0.15, 0.2) is 18.5 Å². The molecule has 1 heterocycles. The van der Waals surface area contributed by atoms with Gasteiger partial charge in [-0.25, -0.2) is 9.59 Å². The molecule has 3 rings (SSSR count). The standard InChI is InChI=1S/C23H47N5O6.C4H6O6/c1-5-28-15-9-14(25)19(33-16-8-12(10-26-3)6-7-13(16)24)17(29)20(15)34-22-18(30)21(27-4)23(2,31)11-32-22;5-1(3(7)8)2(6)4(9)10/h12-22,26-31H,5-11,24-25H2,1-4H3;1-2,5-6H,(H,7,8)(H,9,10)/t12-,13-,14+,15-,16+,17+,18+,19+,20+,21+,22+,23-;/m1./s1. The summed E-state index contributed by atoms with van der Waals surface area (Å²) in [5.74, 6) is -3.07. The van der Waals surface area contributed by atoms with E-state index in [-0.39, 0.29) is 24.8 Å². The normalized spacial score (nSPS) is 40.8. The third-order valence-electron chi connectivity index (χ3n) is 8.50. The zero-order valence-electron chi connectivity index (χ0n) is 25.8. The summed E-state index contributed by atoms with van der Waals surface area (Å²) in [6, 6.07) is -1.42. The number of aliphatic hydroxyl groups is 5. The molecule has 0 aromatic heterocycles. The molecule has 258 valence electrons. The molecule has 1 saturated heterocycles. The van der Waals surface area contributed by atoms with Crippen LogP contribution in [-0.2, 0) is 23.8 Å². The highest BCUT2D eigenvalue weighted by Gasteiger charge is 2.51. The largest absolute Gasteiger partial charge is 0.479 e. The van der Waals surface area contributed by atoms with Gasteiger partial charge in [-0.2, -0.15) is 0 Å². The number of nitrogens with two attached hydrogens (primary N) is 2. The molecular formula is C27H53N5O12. The van der Waals surface area contributed by atoms with Crippen molar-refractivity contribution in [1.29, 1.82) is 0 Å². The van der Waals surface area contributed by atoms with Crippen LogP contribution in [0.3, 0.4) is 0 Å². The first-order valence-electron chi connectivity index (χ1n) is 15.0. The Kier molecular flexibility index (Phi) is 15.2. The number of likely N-dealkylation sites (N-methyl/N-ethyl adjacent to an activating group) is 2. The second-order valence-corrected chi connectivity index (χ2v) is 12.1. The van der Waals surface area contributed by atoms with Crippen LogP contribution in [0.1, 0.15) is 39.5 Å². The molecule has 2 unspecified atom stereocenters. The van der Waals surface area contributed by atoms with Gasteiger partial charge in [-0.3, -0.25) is 0 Å². The van der Waals surface area contributed by atoms with Crippen LogP contribution in [0.4, 0.5) is 0 Å². The summed E-state index contributed by atoms with van der Waals surface area (Å²) in [4.78, 5) is 19.5. The fourth-order valence-electron chi connectivity index (χ4n) is 6.12. The van der Waals surface area contributed by atoms with Gasteiger partial charge in [0.05, 0.1) is 18.8 Å². The van der Waals surface area contributed by atoms with E-state index < -0.39 is 72.5 Å². The van der Waals surface area contributed by atoms with Crippen molar-refractivity contribution in [2.24, 2.45) is 17.4 Å². The fourth-order valence-corrected chi connectivity index (χ4v) is 6.12. The molecule has 3 aliphatic rings. The van der Waals surface area contributed by atoms with Crippen LogP contribution in [-0.4, -0.2) is 160 Å². The van der Waals surface area contributed by atoms with E-state index in [1.165, 1.54) is 0 Å². The summed E-state index contributed by atoms with van der Waals surface area (Å²) in [6.07, 6.45) is -6.07. The molecular weight excluding hydrogens is 586 g/mol. The highest BCUT2D eigenvalue weighted by molar-refractivity contribution is 5.83.